The Morgan fingerprint density at radius 2 is 1.73 bits per heavy atom. The molecule has 1 fully saturated rings. The van der Waals surface area contributed by atoms with E-state index in [2.05, 4.69) is 10.6 Å². The van der Waals surface area contributed by atoms with Crippen molar-refractivity contribution in [3.05, 3.63) is 59.1 Å². The Kier molecular flexibility index (Phi) is 6.04. The van der Waals surface area contributed by atoms with Crippen LogP contribution in [0.25, 0.3) is 0 Å². The van der Waals surface area contributed by atoms with E-state index < -0.39 is 0 Å². The van der Waals surface area contributed by atoms with Gasteiger partial charge in [-0.25, -0.2) is 0 Å². The quantitative estimate of drug-likeness (QED) is 0.698. The van der Waals surface area contributed by atoms with Crippen molar-refractivity contribution in [2.75, 3.05) is 11.9 Å². The van der Waals surface area contributed by atoms with E-state index in [1.54, 1.807) is 18.2 Å². The lowest BCUT2D eigenvalue weighted by molar-refractivity contribution is -0.121. The molecular formula is C21H25ClN2O2. The normalized spacial score (nSPS) is 16.0. The summed E-state index contributed by atoms with van der Waals surface area (Å²) >= 11 is 6.13. The number of hydrogen-bond acceptors (Lipinski definition) is 3. The maximum atomic E-state index is 12.6. The van der Waals surface area contributed by atoms with Crippen molar-refractivity contribution in [2.24, 2.45) is 0 Å². The zero-order valence-corrected chi connectivity index (χ0v) is 15.6. The van der Waals surface area contributed by atoms with Crippen molar-refractivity contribution in [2.45, 2.75) is 44.1 Å². The molecule has 0 bridgehead atoms. The Morgan fingerprint density at radius 1 is 1.04 bits per heavy atom. The third-order valence-corrected chi connectivity index (χ3v) is 5.34. The van der Waals surface area contributed by atoms with Crippen molar-refractivity contribution < 1.29 is 9.90 Å². The number of nitrogens with one attached hydrogen (secondary N) is 2. The molecule has 0 spiro atoms. The average Bonchev–Trinajstić information content (AvgIpc) is 2.64. The first-order valence-electron chi connectivity index (χ1n) is 9.14. The summed E-state index contributed by atoms with van der Waals surface area (Å²) in [6.07, 6.45) is 6.19. The molecule has 4 nitrogen and oxygen atoms in total. The minimum absolute atomic E-state index is 0.0226. The van der Waals surface area contributed by atoms with Gasteiger partial charge in [0.25, 0.3) is 0 Å². The van der Waals surface area contributed by atoms with E-state index in [0.717, 1.165) is 43.4 Å². The molecule has 0 heterocycles. The highest BCUT2D eigenvalue weighted by molar-refractivity contribution is 6.33. The van der Waals surface area contributed by atoms with Gasteiger partial charge in [0, 0.05) is 5.54 Å². The van der Waals surface area contributed by atoms with Gasteiger partial charge >= 0.3 is 0 Å². The molecule has 0 aromatic heterocycles. The number of phenols is 1. The molecule has 0 aliphatic heterocycles. The Morgan fingerprint density at radius 3 is 2.42 bits per heavy atom. The molecule has 26 heavy (non-hydrogen) atoms. The molecule has 138 valence electrons. The fraction of sp³-hybridized carbons (Fsp3) is 0.381. The predicted molar refractivity (Wildman–Crippen MR) is 106 cm³/mol. The van der Waals surface area contributed by atoms with Gasteiger partial charge in [0.2, 0.25) is 5.91 Å². The summed E-state index contributed by atoms with van der Waals surface area (Å²) in [7, 11) is 0. The van der Waals surface area contributed by atoms with Gasteiger partial charge in [-0.05, 0) is 49.1 Å². The van der Waals surface area contributed by atoms with E-state index in [9.17, 15) is 9.90 Å². The summed E-state index contributed by atoms with van der Waals surface area (Å²) in [5, 5.41) is 16.5. The van der Waals surface area contributed by atoms with Crippen LogP contribution in [-0.4, -0.2) is 23.1 Å². The van der Waals surface area contributed by atoms with Crippen LogP contribution in [0.2, 0.25) is 5.02 Å². The Bertz CT molecular complexity index is 740. The van der Waals surface area contributed by atoms with Crippen LogP contribution in [-0.2, 0) is 11.2 Å². The molecular weight excluding hydrogens is 348 g/mol. The van der Waals surface area contributed by atoms with Crippen LogP contribution in [0, 0.1) is 0 Å². The van der Waals surface area contributed by atoms with Crippen molar-refractivity contribution in [1.82, 2.24) is 5.32 Å². The molecule has 5 heteroatoms. The average molecular weight is 373 g/mol. The van der Waals surface area contributed by atoms with Gasteiger partial charge in [-0.15, -0.1) is 0 Å². The number of carbonyl (C=O) groups is 1. The number of amides is 1. The monoisotopic (exact) mass is 372 g/mol. The number of hydrogen-bond donors (Lipinski definition) is 3. The predicted octanol–water partition coefficient (Wildman–Crippen LogP) is 4.52. The molecule has 2 aromatic rings. The molecule has 3 N–H and O–H groups in total. The fourth-order valence-corrected chi connectivity index (χ4v) is 3.90. The van der Waals surface area contributed by atoms with E-state index in [1.165, 1.54) is 6.42 Å². The van der Waals surface area contributed by atoms with E-state index in [4.69, 9.17) is 11.6 Å². The van der Waals surface area contributed by atoms with E-state index in [0.29, 0.717) is 5.02 Å². The number of benzene rings is 2. The number of anilines is 1. The minimum atomic E-state index is -0.214. The summed E-state index contributed by atoms with van der Waals surface area (Å²) in [5.41, 5.74) is 1.68. The minimum Gasteiger partial charge on any atom is -0.508 e. The molecule has 0 unspecified atom stereocenters. The highest BCUT2D eigenvalue weighted by atomic mass is 35.5. The largest absolute Gasteiger partial charge is 0.508 e. The Labute approximate surface area is 159 Å². The van der Waals surface area contributed by atoms with Gasteiger partial charge in [-0.3, -0.25) is 4.79 Å². The number of aromatic hydroxyl groups is 1. The van der Waals surface area contributed by atoms with Crippen LogP contribution < -0.4 is 10.6 Å². The van der Waals surface area contributed by atoms with Gasteiger partial charge in [-0.2, -0.15) is 0 Å². The van der Waals surface area contributed by atoms with Crippen LogP contribution in [0.4, 0.5) is 5.69 Å². The van der Waals surface area contributed by atoms with Crippen LogP contribution >= 0.6 is 11.6 Å². The van der Waals surface area contributed by atoms with Gasteiger partial charge in [0.15, 0.2) is 0 Å². The fourth-order valence-electron chi connectivity index (χ4n) is 3.70. The zero-order chi connectivity index (χ0) is 18.4. The molecule has 2 aromatic carbocycles. The second-order valence-corrected chi connectivity index (χ2v) is 7.47. The summed E-state index contributed by atoms with van der Waals surface area (Å²) in [6, 6.07) is 14.7. The highest BCUT2D eigenvalue weighted by Crippen LogP contribution is 2.32. The Balaban J connectivity index is 1.64. The second kappa shape index (κ2) is 8.45. The maximum Gasteiger partial charge on any atom is 0.239 e. The summed E-state index contributed by atoms with van der Waals surface area (Å²) < 4.78 is 0. The van der Waals surface area contributed by atoms with Crippen LogP contribution in [0.1, 0.15) is 37.7 Å². The number of para-hydroxylation sites is 1. The van der Waals surface area contributed by atoms with Crippen molar-refractivity contribution >= 4 is 23.2 Å². The third kappa shape index (κ3) is 4.92. The molecule has 0 atom stereocenters. The SMILES string of the molecule is O=C(CNc1ccccc1Cl)NC1(Cc2ccc(O)cc2)CCCCC1. The lowest BCUT2D eigenvalue weighted by Gasteiger charge is -2.38. The van der Waals surface area contributed by atoms with Gasteiger partial charge in [-0.1, -0.05) is 55.1 Å². The smallest absolute Gasteiger partial charge is 0.239 e. The topological polar surface area (TPSA) is 61.4 Å². The molecule has 1 aliphatic rings. The lowest BCUT2D eigenvalue weighted by atomic mass is 9.77. The highest BCUT2D eigenvalue weighted by Gasteiger charge is 2.33. The standard InChI is InChI=1S/C21H25ClN2O2/c22-18-6-2-3-7-19(18)23-15-20(26)24-21(12-4-1-5-13-21)14-16-8-10-17(25)11-9-16/h2-3,6-11,23,25H,1,4-5,12-15H2,(H,24,26). The molecule has 3 rings (SSSR count). The molecule has 1 saturated carbocycles. The zero-order valence-electron chi connectivity index (χ0n) is 14.8. The van der Waals surface area contributed by atoms with Crippen molar-refractivity contribution in [1.29, 1.82) is 0 Å². The first kappa shape index (κ1) is 18.6. The molecule has 1 aliphatic carbocycles. The third-order valence-electron chi connectivity index (χ3n) is 5.01. The molecule has 0 radical (unpaired) electrons. The molecule has 0 saturated heterocycles. The Hall–Kier alpha value is -2.20. The number of phenolic OH excluding ortho intramolecular Hbond substituents is 1. The number of rotatable bonds is 6. The van der Waals surface area contributed by atoms with E-state index >= 15 is 0 Å². The van der Waals surface area contributed by atoms with Crippen LogP contribution in [0.5, 0.6) is 5.75 Å². The van der Waals surface area contributed by atoms with Gasteiger partial charge in [0.1, 0.15) is 5.75 Å². The van der Waals surface area contributed by atoms with Crippen LogP contribution in [0.3, 0.4) is 0 Å². The molecule has 1 amide bonds. The number of carbonyl (C=O) groups excluding carboxylic acids is 1. The lowest BCUT2D eigenvalue weighted by Crippen LogP contribution is -2.52. The summed E-state index contributed by atoms with van der Waals surface area (Å²) in [4.78, 5) is 12.6. The first-order valence-corrected chi connectivity index (χ1v) is 9.51. The maximum absolute atomic E-state index is 12.6. The summed E-state index contributed by atoms with van der Waals surface area (Å²) in [6.45, 7) is 0.195. The van der Waals surface area contributed by atoms with Gasteiger partial charge in [0.05, 0.1) is 17.3 Å². The van der Waals surface area contributed by atoms with Crippen LogP contribution in [0.15, 0.2) is 48.5 Å². The van der Waals surface area contributed by atoms with Gasteiger partial charge < -0.3 is 15.7 Å². The van der Waals surface area contributed by atoms with Crippen molar-refractivity contribution in [3.8, 4) is 5.75 Å². The summed E-state index contributed by atoms with van der Waals surface area (Å²) in [5.74, 6) is 0.241. The second-order valence-electron chi connectivity index (χ2n) is 7.07. The van der Waals surface area contributed by atoms with Crippen molar-refractivity contribution in [3.63, 3.8) is 0 Å². The number of halogens is 1. The van der Waals surface area contributed by atoms with E-state index in [-0.39, 0.29) is 23.7 Å². The first-order chi connectivity index (χ1) is 12.6. The van der Waals surface area contributed by atoms with E-state index in [1.807, 2.05) is 30.3 Å².